The Morgan fingerprint density at radius 2 is 1.81 bits per heavy atom. The van der Waals surface area contributed by atoms with Gasteiger partial charge in [0.1, 0.15) is 10.8 Å². The van der Waals surface area contributed by atoms with Crippen molar-refractivity contribution in [2.45, 2.75) is 52.9 Å². The molecular weight excluding hydrogens is 428 g/mol. The van der Waals surface area contributed by atoms with Crippen molar-refractivity contribution in [3.05, 3.63) is 40.3 Å². The first-order chi connectivity index (χ1) is 15.1. The number of methoxy groups -OCH3 is 1. The maximum absolute atomic E-state index is 13.3. The van der Waals surface area contributed by atoms with Crippen LogP contribution in [0.5, 0.6) is 5.75 Å². The van der Waals surface area contributed by atoms with Gasteiger partial charge in [-0.2, -0.15) is 0 Å². The van der Waals surface area contributed by atoms with Crippen LogP contribution in [0.3, 0.4) is 0 Å². The number of carboxylic acids is 1. The van der Waals surface area contributed by atoms with Gasteiger partial charge in [0, 0.05) is 17.0 Å². The summed E-state index contributed by atoms with van der Waals surface area (Å²) < 4.78 is 5.16. The van der Waals surface area contributed by atoms with Crippen LogP contribution in [0.2, 0.25) is 0 Å². The molecule has 0 spiro atoms. The highest BCUT2D eigenvalue weighted by Gasteiger charge is 2.34. The highest BCUT2D eigenvalue weighted by molar-refractivity contribution is 7.17. The molecule has 1 aliphatic rings. The quantitative estimate of drug-likeness (QED) is 0.544. The number of anilines is 2. The van der Waals surface area contributed by atoms with Crippen LogP contribution in [0.25, 0.3) is 0 Å². The van der Waals surface area contributed by atoms with E-state index in [2.05, 4.69) is 31.4 Å². The molecule has 7 nitrogen and oxygen atoms in total. The van der Waals surface area contributed by atoms with Gasteiger partial charge in [-0.05, 0) is 60.4 Å². The van der Waals surface area contributed by atoms with Crippen LogP contribution in [0, 0.1) is 11.3 Å². The Kier molecular flexibility index (Phi) is 7.23. The van der Waals surface area contributed by atoms with Crippen LogP contribution in [-0.4, -0.2) is 30.0 Å². The SMILES string of the molecule is COc1ccc(NC(=O)c2c(NC(=O)CCC(=O)O)sc3c2CC[C@H](C(C)(C)C)C3)cc1. The molecule has 1 atom stereocenters. The molecule has 0 bridgehead atoms. The third kappa shape index (κ3) is 5.68. The molecule has 0 saturated carbocycles. The van der Waals surface area contributed by atoms with Gasteiger partial charge in [0.25, 0.3) is 5.91 Å². The third-order valence-corrected chi connectivity index (χ3v) is 7.05. The van der Waals surface area contributed by atoms with Crippen LogP contribution in [0.4, 0.5) is 10.7 Å². The van der Waals surface area contributed by atoms with Crippen LogP contribution < -0.4 is 15.4 Å². The molecule has 0 saturated heterocycles. The summed E-state index contributed by atoms with van der Waals surface area (Å²) in [4.78, 5) is 37.5. The van der Waals surface area contributed by atoms with Crippen LogP contribution >= 0.6 is 11.3 Å². The standard InChI is InChI=1S/C24H30N2O5S/c1-24(2,3)14-5-10-17-18(13-14)32-23(26-19(27)11-12-20(28)29)21(17)22(30)25-15-6-8-16(31-4)9-7-15/h6-9,14H,5,10-13H2,1-4H3,(H,25,30)(H,26,27)(H,28,29)/t14-/m0/s1. The van der Waals surface area contributed by atoms with Crippen molar-refractivity contribution >= 4 is 39.8 Å². The zero-order valence-corrected chi connectivity index (χ0v) is 19.7. The number of amides is 2. The smallest absolute Gasteiger partial charge is 0.303 e. The van der Waals surface area contributed by atoms with Crippen molar-refractivity contribution in [1.82, 2.24) is 0 Å². The second-order valence-electron chi connectivity index (χ2n) is 9.14. The summed E-state index contributed by atoms with van der Waals surface area (Å²) >= 11 is 1.43. The Hall–Kier alpha value is -2.87. The summed E-state index contributed by atoms with van der Waals surface area (Å²) in [6, 6.07) is 7.05. The van der Waals surface area contributed by atoms with Gasteiger partial charge in [-0.25, -0.2) is 0 Å². The first-order valence-corrected chi connectivity index (χ1v) is 11.5. The summed E-state index contributed by atoms with van der Waals surface area (Å²) in [5, 5.41) is 15.1. The lowest BCUT2D eigenvalue weighted by atomic mass is 9.72. The van der Waals surface area contributed by atoms with E-state index < -0.39 is 11.9 Å². The number of carbonyl (C=O) groups excluding carboxylic acids is 2. The van der Waals surface area contributed by atoms with Crippen molar-refractivity contribution < 1.29 is 24.2 Å². The normalized spacial score (nSPS) is 15.6. The predicted octanol–water partition coefficient (Wildman–Crippen LogP) is 4.96. The molecule has 1 aromatic carbocycles. The molecule has 2 aromatic rings. The lowest BCUT2D eigenvalue weighted by Crippen LogP contribution is -2.27. The Morgan fingerprint density at radius 1 is 1.12 bits per heavy atom. The minimum absolute atomic E-state index is 0.137. The van der Waals surface area contributed by atoms with Crippen LogP contribution in [-0.2, 0) is 22.4 Å². The van der Waals surface area contributed by atoms with E-state index in [9.17, 15) is 14.4 Å². The number of hydrogen-bond acceptors (Lipinski definition) is 5. The van der Waals surface area contributed by atoms with E-state index >= 15 is 0 Å². The van der Waals surface area contributed by atoms with Gasteiger partial charge < -0.3 is 20.5 Å². The van der Waals surface area contributed by atoms with Gasteiger partial charge in [-0.1, -0.05) is 20.8 Å². The van der Waals surface area contributed by atoms with Crippen LogP contribution in [0.15, 0.2) is 24.3 Å². The molecule has 3 rings (SSSR count). The predicted molar refractivity (Wildman–Crippen MR) is 126 cm³/mol. The Labute approximate surface area is 192 Å². The maximum Gasteiger partial charge on any atom is 0.303 e. The average Bonchev–Trinajstić information content (AvgIpc) is 3.09. The van der Waals surface area contributed by atoms with Gasteiger partial charge >= 0.3 is 5.97 Å². The fourth-order valence-corrected chi connectivity index (χ4v) is 5.27. The second kappa shape index (κ2) is 9.73. The molecule has 0 aliphatic heterocycles. The van der Waals surface area contributed by atoms with Crippen molar-refractivity contribution in [2.75, 3.05) is 17.7 Å². The summed E-state index contributed by atoms with van der Waals surface area (Å²) in [5.41, 5.74) is 2.24. The molecule has 8 heteroatoms. The molecule has 0 unspecified atom stereocenters. The van der Waals surface area contributed by atoms with Crippen molar-refractivity contribution in [2.24, 2.45) is 11.3 Å². The number of hydrogen-bond donors (Lipinski definition) is 3. The number of carboxylic acid groups (broad SMARTS) is 1. The number of rotatable bonds is 7. The minimum Gasteiger partial charge on any atom is -0.497 e. The van der Waals surface area contributed by atoms with Gasteiger partial charge in [0.05, 0.1) is 19.1 Å². The lowest BCUT2D eigenvalue weighted by molar-refractivity contribution is -0.138. The van der Waals surface area contributed by atoms with E-state index in [1.54, 1.807) is 31.4 Å². The molecule has 32 heavy (non-hydrogen) atoms. The Balaban J connectivity index is 1.89. The van der Waals surface area contributed by atoms with E-state index in [0.29, 0.717) is 27.9 Å². The molecule has 1 heterocycles. The molecule has 172 valence electrons. The average molecular weight is 459 g/mol. The number of aliphatic carboxylic acids is 1. The minimum atomic E-state index is -1.03. The largest absolute Gasteiger partial charge is 0.497 e. The van der Waals surface area contributed by atoms with E-state index in [4.69, 9.17) is 9.84 Å². The van der Waals surface area contributed by atoms with Crippen molar-refractivity contribution in [1.29, 1.82) is 0 Å². The fraction of sp³-hybridized carbons (Fsp3) is 0.458. The number of benzene rings is 1. The van der Waals surface area contributed by atoms with Gasteiger partial charge in [-0.15, -0.1) is 11.3 Å². The third-order valence-electron chi connectivity index (χ3n) is 5.88. The van der Waals surface area contributed by atoms with Gasteiger partial charge in [0.15, 0.2) is 0 Å². The maximum atomic E-state index is 13.3. The molecule has 0 fully saturated rings. The zero-order valence-electron chi connectivity index (χ0n) is 18.9. The summed E-state index contributed by atoms with van der Waals surface area (Å²) in [6.07, 6.45) is 2.21. The van der Waals surface area contributed by atoms with E-state index in [0.717, 1.165) is 29.7 Å². The molecule has 2 amide bonds. The molecule has 3 N–H and O–H groups in total. The highest BCUT2D eigenvalue weighted by atomic mass is 32.1. The Bertz CT molecular complexity index is 1000. The van der Waals surface area contributed by atoms with E-state index in [1.165, 1.54) is 11.3 Å². The number of thiophene rings is 1. The number of carbonyl (C=O) groups is 3. The van der Waals surface area contributed by atoms with Crippen molar-refractivity contribution in [3.8, 4) is 5.75 Å². The van der Waals surface area contributed by atoms with Crippen LogP contribution in [0.1, 0.15) is 60.8 Å². The van der Waals surface area contributed by atoms with Crippen molar-refractivity contribution in [3.63, 3.8) is 0 Å². The number of ether oxygens (including phenoxy) is 1. The molecule has 0 radical (unpaired) electrons. The summed E-state index contributed by atoms with van der Waals surface area (Å²) in [7, 11) is 1.58. The Morgan fingerprint density at radius 3 is 2.41 bits per heavy atom. The van der Waals surface area contributed by atoms with E-state index in [-0.39, 0.29) is 24.2 Å². The lowest BCUT2D eigenvalue weighted by Gasteiger charge is -2.33. The summed E-state index contributed by atoms with van der Waals surface area (Å²) in [5.74, 6) is -0.541. The topological polar surface area (TPSA) is 105 Å². The van der Waals surface area contributed by atoms with Gasteiger partial charge in [0.2, 0.25) is 5.91 Å². The van der Waals surface area contributed by atoms with Gasteiger partial charge in [-0.3, -0.25) is 14.4 Å². The number of fused-ring (bicyclic) bond motifs is 1. The first kappa shape index (κ1) is 23.8. The first-order valence-electron chi connectivity index (χ1n) is 10.7. The zero-order chi connectivity index (χ0) is 23.5. The second-order valence-corrected chi connectivity index (χ2v) is 10.2. The monoisotopic (exact) mass is 458 g/mol. The molecule has 1 aromatic heterocycles. The summed E-state index contributed by atoms with van der Waals surface area (Å²) in [6.45, 7) is 6.67. The highest BCUT2D eigenvalue weighted by Crippen LogP contribution is 2.44. The molecular formula is C24H30N2O5S. The number of nitrogens with one attached hydrogen (secondary N) is 2. The van der Waals surface area contributed by atoms with E-state index in [1.807, 2.05) is 0 Å². The fourth-order valence-electron chi connectivity index (χ4n) is 3.93. The molecule has 1 aliphatic carbocycles.